The third kappa shape index (κ3) is 2.59. The van der Waals surface area contributed by atoms with Crippen molar-refractivity contribution in [2.45, 2.75) is 38.6 Å². The smallest absolute Gasteiger partial charge is 0.255 e. The molecule has 4 heteroatoms. The second kappa shape index (κ2) is 5.49. The number of hydrogen-bond donors (Lipinski definition) is 2. The van der Waals surface area contributed by atoms with Crippen molar-refractivity contribution in [1.82, 2.24) is 15.5 Å². The number of aryl methyl sites for hydroxylation is 1. The molecule has 3 rings (SSSR count). The summed E-state index contributed by atoms with van der Waals surface area (Å²) < 4.78 is 0. The molecular weight excluding hydrogens is 250 g/mol. The van der Waals surface area contributed by atoms with E-state index in [1.165, 1.54) is 18.4 Å². The van der Waals surface area contributed by atoms with Crippen molar-refractivity contribution in [3.8, 4) is 11.3 Å². The summed E-state index contributed by atoms with van der Waals surface area (Å²) >= 11 is 0. The van der Waals surface area contributed by atoms with E-state index in [-0.39, 0.29) is 5.91 Å². The van der Waals surface area contributed by atoms with Gasteiger partial charge in [0.1, 0.15) is 0 Å². The van der Waals surface area contributed by atoms with Gasteiger partial charge in [-0.25, -0.2) is 0 Å². The van der Waals surface area contributed by atoms with Gasteiger partial charge in [0.25, 0.3) is 5.91 Å². The number of nitrogens with zero attached hydrogens (tertiary/aromatic N) is 1. The van der Waals surface area contributed by atoms with E-state index in [0.29, 0.717) is 11.6 Å². The van der Waals surface area contributed by atoms with Crippen molar-refractivity contribution >= 4 is 5.91 Å². The molecule has 1 aromatic carbocycles. The van der Waals surface area contributed by atoms with Crippen LogP contribution in [0.2, 0.25) is 0 Å². The van der Waals surface area contributed by atoms with E-state index in [1.807, 2.05) is 31.2 Å². The van der Waals surface area contributed by atoms with Gasteiger partial charge in [-0.15, -0.1) is 0 Å². The summed E-state index contributed by atoms with van der Waals surface area (Å²) in [4.78, 5) is 12.4. The number of aromatic amines is 1. The van der Waals surface area contributed by atoms with Crippen LogP contribution in [0.4, 0.5) is 0 Å². The van der Waals surface area contributed by atoms with E-state index in [0.717, 1.165) is 24.1 Å². The number of aromatic nitrogens is 2. The van der Waals surface area contributed by atoms with Crippen molar-refractivity contribution in [1.29, 1.82) is 0 Å². The molecule has 0 saturated heterocycles. The van der Waals surface area contributed by atoms with Crippen LogP contribution in [0, 0.1) is 6.92 Å². The van der Waals surface area contributed by atoms with Gasteiger partial charge in [0, 0.05) is 11.6 Å². The summed E-state index contributed by atoms with van der Waals surface area (Å²) in [7, 11) is 0. The lowest BCUT2D eigenvalue weighted by atomic mass is 10.1. The number of carbonyl (C=O) groups excluding carboxylic acids is 1. The highest BCUT2D eigenvalue weighted by atomic mass is 16.1. The summed E-state index contributed by atoms with van der Waals surface area (Å²) in [6, 6.07) is 8.41. The highest BCUT2D eigenvalue weighted by Crippen LogP contribution is 2.23. The number of carbonyl (C=O) groups is 1. The van der Waals surface area contributed by atoms with Crippen molar-refractivity contribution in [2.75, 3.05) is 0 Å². The Hall–Kier alpha value is -2.10. The van der Waals surface area contributed by atoms with Crippen LogP contribution in [0.15, 0.2) is 30.5 Å². The second-order valence-corrected chi connectivity index (χ2v) is 5.48. The normalized spacial score (nSPS) is 15.4. The molecule has 104 valence electrons. The van der Waals surface area contributed by atoms with Crippen LogP contribution in [0.3, 0.4) is 0 Å². The average Bonchev–Trinajstić information content (AvgIpc) is 3.10. The zero-order chi connectivity index (χ0) is 13.9. The number of benzene rings is 1. The lowest BCUT2D eigenvalue weighted by Crippen LogP contribution is -2.32. The maximum atomic E-state index is 12.4. The van der Waals surface area contributed by atoms with Crippen LogP contribution in [0.25, 0.3) is 11.3 Å². The Bertz CT molecular complexity index is 594. The number of amides is 1. The summed E-state index contributed by atoms with van der Waals surface area (Å²) in [6.45, 7) is 2.05. The largest absolute Gasteiger partial charge is 0.349 e. The molecule has 2 N–H and O–H groups in total. The SMILES string of the molecule is Cc1ccc(-c2[nH]ncc2C(=O)NC2CCCC2)cc1. The van der Waals surface area contributed by atoms with Crippen LogP contribution in [0.5, 0.6) is 0 Å². The summed E-state index contributed by atoms with van der Waals surface area (Å²) in [5.74, 6) is -0.0266. The molecule has 0 spiro atoms. The fourth-order valence-electron chi connectivity index (χ4n) is 2.73. The van der Waals surface area contributed by atoms with Gasteiger partial charge in [-0.05, 0) is 19.8 Å². The zero-order valence-electron chi connectivity index (χ0n) is 11.6. The number of rotatable bonds is 3. The topological polar surface area (TPSA) is 57.8 Å². The van der Waals surface area contributed by atoms with Crippen molar-refractivity contribution in [2.24, 2.45) is 0 Å². The minimum absolute atomic E-state index is 0.0266. The third-order valence-electron chi connectivity index (χ3n) is 3.91. The first-order valence-electron chi connectivity index (χ1n) is 7.15. The van der Waals surface area contributed by atoms with Crippen molar-refractivity contribution in [3.05, 3.63) is 41.6 Å². The van der Waals surface area contributed by atoms with Gasteiger partial charge in [0.15, 0.2) is 0 Å². The van der Waals surface area contributed by atoms with Crippen molar-refractivity contribution < 1.29 is 4.79 Å². The number of hydrogen-bond acceptors (Lipinski definition) is 2. The van der Waals surface area contributed by atoms with E-state index in [9.17, 15) is 4.79 Å². The third-order valence-corrected chi connectivity index (χ3v) is 3.91. The molecule has 2 aromatic rings. The quantitative estimate of drug-likeness (QED) is 0.899. The van der Waals surface area contributed by atoms with Gasteiger partial charge in [-0.2, -0.15) is 5.10 Å². The maximum absolute atomic E-state index is 12.4. The first-order valence-corrected chi connectivity index (χ1v) is 7.15. The summed E-state index contributed by atoms with van der Waals surface area (Å²) in [6.07, 6.45) is 6.20. The Morgan fingerprint density at radius 2 is 1.95 bits per heavy atom. The van der Waals surface area contributed by atoms with Crippen LogP contribution >= 0.6 is 0 Å². The minimum Gasteiger partial charge on any atom is -0.349 e. The molecule has 20 heavy (non-hydrogen) atoms. The van der Waals surface area contributed by atoms with Crippen LogP contribution in [-0.4, -0.2) is 22.1 Å². The van der Waals surface area contributed by atoms with Crippen LogP contribution in [-0.2, 0) is 0 Å². The van der Waals surface area contributed by atoms with Gasteiger partial charge >= 0.3 is 0 Å². The molecule has 1 amide bonds. The van der Waals surface area contributed by atoms with Gasteiger partial charge in [0.2, 0.25) is 0 Å². The van der Waals surface area contributed by atoms with Crippen LogP contribution in [0.1, 0.15) is 41.6 Å². The molecule has 1 saturated carbocycles. The van der Waals surface area contributed by atoms with E-state index in [4.69, 9.17) is 0 Å². The lowest BCUT2D eigenvalue weighted by molar-refractivity contribution is 0.0938. The lowest BCUT2D eigenvalue weighted by Gasteiger charge is -2.11. The first kappa shape index (κ1) is 12.9. The number of H-pyrrole nitrogens is 1. The average molecular weight is 269 g/mol. The molecule has 0 bridgehead atoms. The predicted octanol–water partition coefficient (Wildman–Crippen LogP) is 3.06. The van der Waals surface area contributed by atoms with Gasteiger partial charge < -0.3 is 5.32 Å². The summed E-state index contributed by atoms with van der Waals surface area (Å²) in [5.41, 5.74) is 3.61. The molecule has 1 aliphatic rings. The Morgan fingerprint density at radius 1 is 1.25 bits per heavy atom. The monoisotopic (exact) mass is 269 g/mol. The molecule has 1 aliphatic carbocycles. The zero-order valence-corrected chi connectivity index (χ0v) is 11.6. The molecule has 0 radical (unpaired) electrons. The first-order chi connectivity index (χ1) is 9.74. The Morgan fingerprint density at radius 3 is 2.65 bits per heavy atom. The fraction of sp³-hybridized carbons (Fsp3) is 0.375. The minimum atomic E-state index is -0.0266. The van der Waals surface area contributed by atoms with E-state index in [1.54, 1.807) is 6.20 Å². The highest BCUT2D eigenvalue weighted by Gasteiger charge is 2.21. The van der Waals surface area contributed by atoms with Crippen molar-refractivity contribution in [3.63, 3.8) is 0 Å². The molecular formula is C16H19N3O. The highest BCUT2D eigenvalue weighted by molar-refractivity contribution is 5.99. The standard InChI is InChI=1S/C16H19N3O/c1-11-6-8-12(9-7-11)15-14(10-17-19-15)16(20)18-13-4-2-3-5-13/h6-10,13H,2-5H2,1H3,(H,17,19)(H,18,20). The molecule has 1 fully saturated rings. The number of nitrogens with one attached hydrogen (secondary N) is 2. The molecule has 0 atom stereocenters. The molecule has 1 aromatic heterocycles. The molecule has 0 aliphatic heterocycles. The molecule has 1 heterocycles. The second-order valence-electron chi connectivity index (χ2n) is 5.48. The molecule has 4 nitrogen and oxygen atoms in total. The Labute approximate surface area is 118 Å². The maximum Gasteiger partial charge on any atom is 0.255 e. The predicted molar refractivity (Wildman–Crippen MR) is 78.5 cm³/mol. The van der Waals surface area contributed by atoms with E-state index in [2.05, 4.69) is 15.5 Å². The molecule has 0 unspecified atom stereocenters. The van der Waals surface area contributed by atoms with Gasteiger partial charge in [-0.1, -0.05) is 42.7 Å². The van der Waals surface area contributed by atoms with E-state index < -0.39 is 0 Å². The summed E-state index contributed by atoms with van der Waals surface area (Å²) in [5, 5.41) is 10.1. The fourth-order valence-corrected chi connectivity index (χ4v) is 2.73. The van der Waals surface area contributed by atoms with Crippen LogP contribution < -0.4 is 5.32 Å². The Kier molecular flexibility index (Phi) is 3.54. The van der Waals surface area contributed by atoms with Gasteiger partial charge in [0.05, 0.1) is 17.5 Å². The van der Waals surface area contributed by atoms with Gasteiger partial charge in [-0.3, -0.25) is 9.89 Å². The Balaban J connectivity index is 1.82. The van der Waals surface area contributed by atoms with E-state index >= 15 is 0 Å².